The number of rotatable bonds is 12. The lowest BCUT2D eigenvalue weighted by Crippen LogP contribution is -2.38. The third kappa shape index (κ3) is 6.08. The van der Waals surface area contributed by atoms with Crippen molar-refractivity contribution in [3.63, 3.8) is 0 Å². The van der Waals surface area contributed by atoms with Gasteiger partial charge in [-0.2, -0.15) is 0 Å². The molecule has 0 radical (unpaired) electrons. The summed E-state index contributed by atoms with van der Waals surface area (Å²) in [5.41, 5.74) is 1.20. The van der Waals surface area contributed by atoms with Crippen molar-refractivity contribution in [2.45, 2.75) is 40.7 Å². The Labute approximate surface area is 214 Å². The summed E-state index contributed by atoms with van der Waals surface area (Å²) in [4.78, 5) is 30.3. The van der Waals surface area contributed by atoms with Gasteiger partial charge in [-0.15, -0.1) is 0 Å². The minimum atomic E-state index is -0.750. The zero-order valence-corrected chi connectivity index (χ0v) is 22.0. The molecule has 36 heavy (non-hydrogen) atoms. The molecule has 0 aromatic heterocycles. The summed E-state index contributed by atoms with van der Waals surface area (Å²) >= 11 is 0. The Hall–Kier alpha value is -3.32. The van der Waals surface area contributed by atoms with E-state index in [1.807, 2.05) is 31.2 Å². The predicted molar refractivity (Wildman–Crippen MR) is 141 cm³/mol. The number of nitrogens with zero attached hydrogens (tertiary/aromatic N) is 2. The van der Waals surface area contributed by atoms with Gasteiger partial charge < -0.3 is 24.4 Å². The van der Waals surface area contributed by atoms with Gasteiger partial charge in [0.05, 0.1) is 24.8 Å². The minimum Gasteiger partial charge on any atom is -0.507 e. The van der Waals surface area contributed by atoms with Crippen LogP contribution < -0.4 is 9.47 Å². The highest BCUT2D eigenvalue weighted by Gasteiger charge is 2.46. The SMILES string of the molecule is CCOc1ccccc1C1/C(=C(\O)c2ccc(OCC(C)C)cc2)C(=O)C(=O)N1CCN(CC)CC. The lowest BCUT2D eigenvalue weighted by atomic mass is 9.94. The van der Waals surface area contributed by atoms with Gasteiger partial charge in [0.25, 0.3) is 11.7 Å². The normalized spacial score (nSPS) is 17.3. The highest BCUT2D eigenvalue weighted by molar-refractivity contribution is 6.46. The van der Waals surface area contributed by atoms with Crippen molar-refractivity contribution in [1.29, 1.82) is 0 Å². The van der Waals surface area contributed by atoms with Crippen LogP contribution in [-0.4, -0.2) is 66.0 Å². The van der Waals surface area contributed by atoms with Crippen LogP contribution in [0, 0.1) is 5.92 Å². The van der Waals surface area contributed by atoms with E-state index in [-0.39, 0.29) is 11.3 Å². The first-order valence-corrected chi connectivity index (χ1v) is 12.8. The van der Waals surface area contributed by atoms with Crippen LogP contribution in [0.2, 0.25) is 0 Å². The number of carbonyl (C=O) groups is 2. The fraction of sp³-hybridized carbons (Fsp3) is 0.448. The summed E-state index contributed by atoms with van der Waals surface area (Å²) in [6.07, 6.45) is 0. The van der Waals surface area contributed by atoms with Crippen LogP contribution in [0.1, 0.15) is 51.8 Å². The lowest BCUT2D eigenvalue weighted by molar-refractivity contribution is -0.140. The third-order valence-electron chi connectivity index (χ3n) is 6.32. The van der Waals surface area contributed by atoms with Gasteiger partial charge in [0.2, 0.25) is 0 Å². The van der Waals surface area contributed by atoms with E-state index in [1.54, 1.807) is 29.2 Å². The Morgan fingerprint density at radius 2 is 1.67 bits per heavy atom. The Kier molecular flexibility index (Phi) is 9.53. The number of para-hydroxylation sites is 1. The van der Waals surface area contributed by atoms with Gasteiger partial charge in [-0.05, 0) is 56.3 Å². The van der Waals surface area contributed by atoms with Crippen LogP contribution >= 0.6 is 0 Å². The lowest BCUT2D eigenvalue weighted by Gasteiger charge is -2.29. The largest absolute Gasteiger partial charge is 0.507 e. The van der Waals surface area contributed by atoms with E-state index in [9.17, 15) is 14.7 Å². The molecule has 1 amide bonds. The smallest absolute Gasteiger partial charge is 0.295 e. The van der Waals surface area contributed by atoms with E-state index < -0.39 is 17.7 Å². The summed E-state index contributed by atoms with van der Waals surface area (Å²) < 4.78 is 11.6. The topological polar surface area (TPSA) is 79.3 Å². The van der Waals surface area contributed by atoms with Crippen molar-refractivity contribution in [1.82, 2.24) is 9.80 Å². The maximum Gasteiger partial charge on any atom is 0.295 e. The third-order valence-corrected chi connectivity index (χ3v) is 6.32. The van der Waals surface area contributed by atoms with Gasteiger partial charge in [0.15, 0.2) is 0 Å². The zero-order valence-electron chi connectivity index (χ0n) is 22.0. The summed E-state index contributed by atoms with van der Waals surface area (Å²) in [6, 6.07) is 13.6. The second kappa shape index (κ2) is 12.6. The van der Waals surface area contributed by atoms with Crippen LogP contribution in [0.25, 0.3) is 5.76 Å². The van der Waals surface area contributed by atoms with Crippen LogP contribution in [-0.2, 0) is 9.59 Å². The molecule has 1 N–H and O–H groups in total. The molecule has 0 saturated carbocycles. The molecular formula is C29H38N2O5. The zero-order chi connectivity index (χ0) is 26.2. The maximum atomic E-state index is 13.3. The first-order chi connectivity index (χ1) is 17.3. The number of likely N-dealkylation sites (tertiary alicyclic amines) is 1. The van der Waals surface area contributed by atoms with Crippen LogP contribution in [0.3, 0.4) is 0 Å². The number of carbonyl (C=O) groups excluding carboxylic acids is 2. The summed E-state index contributed by atoms with van der Waals surface area (Å²) in [6.45, 7) is 13.8. The number of ether oxygens (including phenoxy) is 2. The molecule has 0 bridgehead atoms. The van der Waals surface area contributed by atoms with Crippen molar-refractivity contribution in [2.75, 3.05) is 39.4 Å². The number of hydrogen-bond donors (Lipinski definition) is 1. The van der Waals surface area contributed by atoms with Crippen LogP contribution in [0.4, 0.5) is 0 Å². The van der Waals surface area contributed by atoms with Crippen molar-refractivity contribution < 1.29 is 24.2 Å². The molecule has 7 heteroatoms. The van der Waals surface area contributed by atoms with E-state index >= 15 is 0 Å². The Morgan fingerprint density at radius 1 is 1.00 bits per heavy atom. The molecular weight excluding hydrogens is 456 g/mol. The minimum absolute atomic E-state index is 0.0718. The molecule has 3 rings (SSSR count). The van der Waals surface area contributed by atoms with Gasteiger partial charge in [-0.25, -0.2) is 0 Å². The second-order valence-electron chi connectivity index (χ2n) is 9.22. The molecule has 2 aromatic carbocycles. The van der Waals surface area contributed by atoms with Gasteiger partial charge >= 0.3 is 0 Å². The Balaban J connectivity index is 2.06. The highest BCUT2D eigenvalue weighted by Crippen LogP contribution is 2.42. The molecule has 1 saturated heterocycles. The number of likely N-dealkylation sites (N-methyl/N-ethyl adjacent to an activating group) is 1. The molecule has 1 atom stereocenters. The summed E-state index contributed by atoms with van der Waals surface area (Å²) in [5.74, 6) is 0.142. The van der Waals surface area contributed by atoms with E-state index in [0.29, 0.717) is 54.8 Å². The number of aliphatic hydroxyl groups excluding tert-OH is 1. The first kappa shape index (κ1) is 27.3. The molecule has 1 fully saturated rings. The Bertz CT molecular complexity index is 1070. The van der Waals surface area contributed by atoms with Crippen LogP contribution in [0.15, 0.2) is 54.1 Å². The number of hydrogen-bond acceptors (Lipinski definition) is 6. The number of benzene rings is 2. The average molecular weight is 495 g/mol. The van der Waals surface area contributed by atoms with E-state index in [0.717, 1.165) is 13.1 Å². The molecule has 1 aliphatic heterocycles. The molecule has 2 aromatic rings. The number of aliphatic hydroxyl groups is 1. The summed E-state index contributed by atoms with van der Waals surface area (Å²) in [5, 5.41) is 11.3. The van der Waals surface area contributed by atoms with Gasteiger partial charge in [-0.1, -0.05) is 45.9 Å². The first-order valence-electron chi connectivity index (χ1n) is 12.8. The monoisotopic (exact) mass is 494 g/mol. The highest BCUT2D eigenvalue weighted by atomic mass is 16.5. The number of amides is 1. The van der Waals surface area contributed by atoms with Crippen molar-refractivity contribution in [3.8, 4) is 11.5 Å². The second-order valence-corrected chi connectivity index (χ2v) is 9.22. The molecule has 1 unspecified atom stereocenters. The maximum absolute atomic E-state index is 13.3. The fourth-order valence-electron chi connectivity index (χ4n) is 4.34. The van der Waals surface area contributed by atoms with E-state index in [1.165, 1.54) is 0 Å². The Morgan fingerprint density at radius 3 is 2.28 bits per heavy atom. The van der Waals surface area contributed by atoms with E-state index in [4.69, 9.17) is 9.47 Å². The van der Waals surface area contributed by atoms with Crippen molar-refractivity contribution in [2.24, 2.45) is 5.92 Å². The fourth-order valence-corrected chi connectivity index (χ4v) is 4.34. The molecule has 1 aliphatic rings. The van der Waals surface area contributed by atoms with Gasteiger partial charge in [-0.3, -0.25) is 9.59 Å². The van der Waals surface area contributed by atoms with E-state index in [2.05, 4.69) is 32.6 Å². The number of ketones is 1. The standard InChI is InChI=1S/C29H38N2O5/c1-6-30(7-2)17-18-31-26(23-11-9-10-12-24(23)35-8-3)25(28(33)29(31)34)27(32)21-13-15-22(16-14-21)36-19-20(4)5/h9-16,20,26,32H,6-8,17-19H2,1-5H3/b27-25+. The van der Waals surface area contributed by atoms with Crippen molar-refractivity contribution in [3.05, 3.63) is 65.2 Å². The quantitative estimate of drug-likeness (QED) is 0.257. The molecule has 0 aliphatic carbocycles. The van der Waals surface area contributed by atoms with Gasteiger partial charge in [0, 0.05) is 24.2 Å². The van der Waals surface area contributed by atoms with Crippen molar-refractivity contribution >= 4 is 17.4 Å². The molecule has 0 spiro atoms. The summed E-state index contributed by atoms with van der Waals surface area (Å²) in [7, 11) is 0. The predicted octanol–water partition coefficient (Wildman–Crippen LogP) is 4.88. The van der Waals surface area contributed by atoms with Crippen LogP contribution in [0.5, 0.6) is 11.5 Å². The number of Topliss-reactive ketones (excluding diaryl/α,β-unsaturated/α-hetero) is 1. The average Bonchev–Trinajstić information content (AvgIpc) is 3.13. The molecule has 1 heterocycles. The molecule has 194 valence electrons. The van der Waals surface area contributed by atoms with Gasteiger partial charge in [0.1, 0.15) is 17.3 Å². The molecule has 7 nitrogen and oxygen atoms in total.